The number of aliphatic imine (C=N–C) groups is 1. The van der Waals surface area contributed by atoms with E-state index in [0.29, 0.717) is 11.5 Å². The van der Waals surface area contributed by atoms with Gasteiger partial charge in [0.15, 0.2) is 0 Å². The van der Waals surface area contributed by atoms with Gasteiger partial charge in [0.25, 0.3) is 5.69 Å². The molecule has 108 valence electrons. The van der Waals surface area contributed by atoms with Crippen molar-refractivity contribution in [1.29, 1.82) is 0 Å². The molecule has 0 aliphatic carbocycles. The van der Waals surface area contributed by atoms with Crippen LogP contribution in [0.2, 0.25) is 5.02 Å². The van der Waals surface area contributed by atoms with E-state index >= 15 is 0 Å². The Labute approximate surface area is 128 Å². The maximum atomic E-state index is 10.8. The largest absolute Gasteiger partial charge is 0.288 e. The van der Waals surface area contributed by atoms with Gasteiger partial charge in [0.2, 0.25) is 0 Å². The van der Waals surface area contributed by atoms with Crippen LogP contribution in [-0.2, 0) is 0 Å². The third kappa shape index (κ3) is 3.89. The summed E-state index contributed by atoms with van der Waals surface area (Å²) >= 11 is 5.77. The van der Waals surface area contributed by atoms with Gasteiger partial charge in [0.05, 0.1) is 10.6 Å². The Balaban J connectivity index is 2.21. The molecule has 0 N–H and O–H groups in total. The topological polar surface area (TPSA) is 55.5 Å². The third-order valence-electron chi connectivity index (χ3n) is 3.09. The standard InChI is InChI=1S/C16H15ClN2O2/c1-11(2)13-4-6-14(7-5-13)18-10-12-3-8-15(17)16(9-12)19(20)21/h3-11H,1-2H3. The quantitative estimate of drug-likeness (QED) is 0.447. The molecule has 2 aromatic carbocycles. The molecule has 5 heteroatoms. The van der Waals surface area contributed by atoms with Crippen molar-refractivity contribution < 1.29 is 4.92 Å². The van der Waals surface area contributed by atoms with Gasteiger partial charge >= 0.3 is 0 Å². The fourth-order valence-electron chi connectivity index (χ4n) is 1.84. The molecule has 2 aromatic rings. The number of rotatable bonds is 4. The number of benzene rings is 2. The molecule has 4 nitrogen and oxygen atoms in total. The summed E-state index contributed by atoms with van der Waals surface area (Å²) in [6.07, 6.45) is 1.59. The molecule has 0 radical (unpaired) electrons. The normalized spacial score (nSPS) is 11.2. The predicted octanol–water partition coefficient (Wildman–Crippen LogP) is 5.12. The van der Waals surface area contributed by atoms with E-state index in [1.807, 2.05) is 24.3 Å². The van der Waals surface area contributed by atoms with Crippen LogP contribution in [0.5, 0.6) is 0 Å². The van der Waals surface area contributed by atoms with Gasteiger partial charge in [-0.3, -0.25) is 15.1 Å². The summed E-state index contributed by atoms with van der Waals surface area (Å²) in [7, 11) is 0. The van der Waals surface area contributed by atoms with E-state index in [0.717, 1.165) is 5.69 Å². The van der Waals surface area contributed by atoms with Gasteiger partial charge in [-0.05, 0) is 35.2 Å². The summed E-state index contributed by atoms with van der Waals surface area (Å²) in [6.45, 7) is 4.26. The lowest BCUT2D eigenvalue weighted by Gasteiger charge is -2.04. The lowest BCUT2D eigenvalue weighted by Crippen LogP contribution is -1.91. The highest BCUT2D eigenvalue weighted by Gasteiger charge is 2.11. The number of nitrogens with zero attached hydrogens (tertiary/aromatic N) is 2. The molecule has 0 aromatic heterocycles. The van der Waals surface area contributed by atoms with Gasteiger partial charge < -0.3 is 0 Å². The Morgan fingerprint density at radius 2 is 1.86 bits per heavy atom. The van der Waals surface area contributed by atoms with E-state index in [4.69, 9.17) is 11.6 Å². The molecule has 0 aliphatic heterocycles. The Morgan fingerprint density at radius 1 is 1.19 bits per heavy atom. The van der Waals surface area contributed by atoms with Crippen LogP contribution < -0.4 is 0 Å². The summed E-state index contributed by atoms with van der Waals surface area (Å²) in [5.74, 6) is 0.474. The van der Waals surface area contributed by atoms with E-state index in [1.165, 1.54) is 17.7 Å². The van der Waals surface area contributed by atoms with Crippen molar-refractivity contribution in [3.63, 3.8) is 0 Å². The first kappa shape index (κ1) is 15.2. The number of hydrogen-bond donors (Lipinski definition) is 0. The molecule has 0 heterocycles. The van der Waals surface area contributed by atoms with E-state index in [1.54, 1.807) is 12.3 Å². The van der Waals surface area contributed by atoms with E-state index in [9.17, 15) is 10.1 Å². The summed E-state index contributed by atoms with van der Waals surface area (Å²) in [4.78, 5) is 14.6. The number of nitro benzene ring substituents is 1. The smallest absolute Gasteiger partial charge is 0.258 e. The molecule has 0 amide bonds. The Hall–Kier alpha value is -2.20. The zero-order chi connectivity index (χ0) is 15.4. The second kappa shape index (κ2) is 6.50. The number of hydrogen-bond acceptors (Lipinski definition) is 3. The zero-order valence-corrected chi connectivity index (χ0v) is 12.5. The maximum absolute atomic E-state index is 10.8. The van der Waals surface area contributed by atoms with Crippen LogP contribution >= 0.6 is 11.6 Å². The zero-order valence-electron chi connectivity index (χ0n) is 11.8. The van der Waals surface area contributed by atoms with Crippen molar-refractivity contribution >= 4 is 29.2 Å². The average Bonchev–Trinajstić information content (AvgIpc) is 2.46. The molecule has 0 saturated carbocycles. The molecule has 0 spiro atoms. The minimum absolute atomic E-state index is 0.115. The van der Waals surface area contributed by atoms with Gasteiger partial charge in [-0.2, -0.15) is 0 Å². The van der Waals surface area contributed by atoms with Crippen molar-refractivity contribution in [1.82, 2.24) is 0 Å². The van der Waals surface area contributed by atoms with Crippen LogP contribution in [0.3, 0.4) is 0 Å². The minimum Gasteiger partial charge on any atom is -0.258 e. The highest BCUT2D eigenvalue weighted by Crippen LogP contribution is 2.25. The van der Waals surface area contributed by atoms with Crippen LogP contribution in [0.1, 0.15) is 30.9 Å². The molecule has 0 unspecified atom stereocenters. The predicted molar refractivity (Wildman–Crippen MR) is 85.9 cm³/mol. The van der Waals surface area contributed by atoms with E-state index in [-0.39, 0.29) is 10.7 Å². The minimum atomic E-state index is -0.503. The van der Waals surface area contributed by atoms with Crippen molar-refractivity contribution in [3.05, 3.63) is 68.7 Å². The van der Waals surface area contributed by atoms with Crippen molar-refractivity contribution in [3.8, 4) is 0 Å². The summed E-state index contributed by atoms with van der Waals surface area (Å²) in [6, 6.07) is 12.5. The van der Waals surface area contributed by atoms with Crippen LogP contribution in [0, 0.1) is 10.1 Å². The molecule has 0 aliphatic rings. The molecule has 21 heavy (non-hydrogen) atoms. The number of halogens is 1. The molecular weight excluding hydrogens is 288 g/mol. The van der Waals surface area contributed by atoms with Gasteiger partial charge in [0, 0.05) is 12.3 Å². The van der Waals surface area contributed by atoms with E-state index in [2.05, 4.69) is 18.8 Å². The SMILES string of the molecule is CC(C)c1ccc(N=Cc2ccc(Cl)c([N+](=O)[O-])c2)cc1. The van der Waals surface area contributed by atoms with Crippen LogP contribution in [0.4, 0.5) is 11.4 Å². The van der Waals surface area contributed by atoms with Gasteiger partial charge in [-0.15, -0.1) is 0 Å². The second-order valence-corrected chi connectivity index (χ2v) is 5.38. The first-order valence-electron chi connectivity index (χ1n) is 6.55. The highest BCUT2D eigenvalue weighted by molar-refractivity contribution is 6.32. The number of nitro groups is 1. The van der Waals surface area contributed by atoms with Crippen LogP contribution in [0.25, 0.3) is 0 Å². The van der Waals surface area contributed by atoms with Crippen molar-refractivity contribution in [2.45, 2.75) is 19.8 Å². The maximum Gasteiger partial charge on any atom is 0.288 e. The molecule has 0 atom stereocenters. The molecule has 0 saturated heterocycles. The lowest BCUT2D eigenvalue weighted by atomic mass is 10.0. The average molecular weight is 303 g/mol. The van der Waals surface area contributed by atoms with Crippen LogP contribution in [-0.4, -0.2) is 11.1 Å². The lowest BCUT2D eigenvalue weighted by molar-refractivity contribution is -0.384. The van der Waals surface area contributed by atoms with Crippen molar-refractivity contribution in [2.75, 3.05) is 0 Å². The monoisotopic (exact) mass is 302 g/mol. The Morgan fingerprint density at radius 3 is 2.43 bits per heavy atom. The van der Waals surface area contributed by atoms with Crippen molar-refractivity contribution in [2.24, 2.45) is 4.99 Å². The Bertz CT molecular complexity index is 679. The molecule has 2 rings (SSSR count). The fraction of sp³-hybridized carbons (Fsp3) is 0.188. The second-order valence-electron chi connectivity index (χ2n) is 4.97. The third-order valence-corrected chi connectivity index (χ3v) is 3.41. The highest BCUT2D eigenvalue weighted by atomic mass is 35.5. The van der Waals surface area contributed by atoms with Crippen LogP contribution in [0.15, 0.2) is 47.5 Å². The van der Waals surface area contributed by atoms with Gasteiger partial charge in [-0.25, -0.2) is 0 Å². The summed E-state index contributed by atoms with van der Waals surface area (Å²) < 4.78 is 0. The van der Waals surface area contributed by atoms with E-state index < -0.39 is 4.92 Å². The summed E-state index contributed by atoms with van der Waals surface area (Å²) in [5, 5.41) is 10.9. The molecule has 0 fully saturated rings. The molecular formula is C16H15ClN2O2. The first-order chi connectivity index (χ1) is 9.97. The first-order valence-corrected chi connectivity index (χ1v) is 6.93. The van der Waals surface area contributed by atoms with Gasteiger partial charge in [0.1, 0.15) is 5.02 Å². The summed E-state index contributed by atoms with van der Waals surface area (Å²) in [5.41, 5.74) is 2.57. The Kier molecular flexibility index (Phi) is 4.70. The molecule has 0 bridgehead atoms. The van der Waals surface area contributed by atoms with Gasteiger partial charge in [-0.1, -0.05) is 43.6 Å². The fourth-order valence-corrected chi connectivity index (χ4v) is 2.03.